The molecule has 0 spiro atoms. The van der Waals surface area contributed by atoms with Crippen molar-refractivity contribution in [2.24, 2.45) is 0 Å². The first kappa shape index (κ1) is 23.7. The Balaban J connectivity index is 1.77. The zero-order chi connectivity index (χ0) is 23.8. The first-order chi connectivity index (χ1) is 15.9. The van der Waals surface area contributed by atoms with Crippen LogP contribution in [0.3, 0.4) is 0 Å². The molecule has 0 aliphatic rings. The summed E-state index contributed by atoms with van der Waals surface area (Å²) in [5.74, 6) is -2.00. The number of hydrogen-bond donors (Lipinski definition) is 3. The normalized spacial score (nSPS) is 10.2. The molecular weight excluding hydrogens is 442 g/mol. The Morgan fingerprint density at radius 1 is 0.879 bits per heavy atom. The van der Waals surface area contributed by atoms with Gasteiger partial charge in [-0.1, -0.05) is 36.4 Å². The third-order valence-corrected chi connectivity index (χ3v) is 5.77. The highest BCUT2D eigenvalue weighted by molar-refractivity contribution is 7.19. The van der Waals surface area contributed by atoms with E-state index >= 15 is 0 Å². The largest absolute Gasteiger partial charge is 0.462 e. The van der Waals surface area contributed by atoms with Gasteiger partial charge >= 0.3 is 5.97 Å². The number of esters is 1. The van der Waals surface area contributed by atoms with Crippen molar-refractivity contribution in [3.05, 3.63) is 82.2 Å². The fourth-order valence-corrected chi connectivity index (χ4v) is 4.11. The van der Waals surface area contributed by atoms with Crippen molar-refractivity contribution in [1.29, 1.82) is 0 Å². The van der Waals surface area contributed by atoms with Gasteiger partial charge in [-0.05, 0) is 43.7 Å². The maximum absolute atomic E-state index is 12.8. The lowest BCUT2D eigenvalue weighted by Gasteiger charge is -2.08. The molecule has 3 aromatic rings. The summed E-state index contributed by atoms with van der Waals surface area (Å²) >= 11 is 0.969. The van der Waals surface area contributed by atoms with Crippen LogP contribution in [-0.2, 0) is 9.53 Å². The van der Waals surface area contributed by atoms with E-state index in [0.717, 1.165) is 11.3 Å². The molecule has 170 valence electrons. The van der Waals surface area contributed by atoms with Crippen molar-refractivity contribution in [2.45, 2.75) is 13.8 Å². The molecule has 0 atom stereocenters. The number of thiophene rings is 1. The Kier molecular flexibility index (Phi) is 7.93. The summed E-state index contributed by atoms with van der Waals surface area (Å²) in [4.78, 5) is 50.3. The van der Waals surface area contributed by atoms with Crippen LogP contribution in [0.5, 0.6) is 0 Å². The van der Waals surface area contributed by atoms with Crippen molar-refractivity contribution >= 4 is 45.7 Å². The lowest BCUT2D eigenvalue weighted by Crippen LogP contribution is -2.33. The molecule has 3 rings (SSSR count). The van der Waals surface area contributed by atoms with Crippen molar-refractivity contribution in [3.8, 4) is 0 Å². The van der Waals surface area contributed by atoms with E-state index in [0.29, 0.717) is 16.8 Å². The third-order valence-electron chi connectivity index (χ3n) is 4.56. The molecular formula is C24H23N3O5S. The molecule has 0 saturated carbocycles. The average Bonchev–Trinajstić information content (AvgIpc) is 3.14. The SMILES string of the molecule is CCOC(=O)c1c(NC(=O)CNC(=O)c2ccccc2)sc(C(=O)Nc2ccccc2)c1C. The molecule has 1 aromatic heterocycles. The van der Waals surface area contributed by atoms with Gasteiger partial charge in [0.05, 0.1) is 23.6 Å². The van der Waals surface area contributed by atoms with Gasteiger partial charge in [0.2, 0.25) is 5.91 Å². The van der Waals surface area contributed by atoms with Crippen molar-refractivity contribution in [3.63, 3.8) is 0 Å². The Hall–Kier alpha value is -3.98. The van der Waals surface area contributed by atoms with Crippen LogP contribution in [0, 0.1) is 6.92 Å². The van der Waals surface area contributed by atoms with Crippen LogP contribution in [0.15, 0.2) is 60.7 Å². The maximum Gasteiger partial charge on any atom is 0.341 e. The van der Waals surface area contributed by atoms with Crippen molar-refractivity contribution in [1.82, 2.24) is 5.32 Å². The number of benzene rings is 2. The van der Waals surface area contributed by atoms with Crippen molar-refractivity contribution < 1.29 is 23.9 Å². The van der Waals surface area contributed by atoms with Crippen LogP contribution in [0.2, 0.25) is 0 Å². The molecule has 8 nitrogen and oxygen atoms in total. The third kappa shape index (κ3) is 6.05. The van der Waals surface area contributed by atoms with E-state index < -0.39 is 23.7 Å². The molecule has 2 aromatic carbocycles. The van der Waals surface area contributed by atoms with Gasteiger partial charge in [0.15, 0.2) is 0 Å². The number of anilines is 2. The summed E-state index contributed by atoms with van der Waals surface area (Å²) in [6.07, 6.45) is 0. The second kappa shape index (κ2) is 11.1. The van der Waals surface area contributed by atoms with Crippen molar-refractivity contribution in [2.75, 3.05) is 23.8 Å². The number of rotatable bonds is 8. The summed E-state index contributed by atoms with van der Waals surface area (Å²) in [7, 11) is 0. The predicted molar refractivity (Wildman–Crippen MR) is 127 cm³/mol. The van der Waals surface area contributed by atoms with Crippen LogP contribution < -0.4 is 16.0 Å². The van der Waals surface area contributed by atoms with E-state index in [9.17, 15) is 19.2 Å². The number of carbonyl (C=O) groups is 4. The standard InChI is InChI=1S/C24H23N3O5S/c1-3-32-24(31)19-15(2)20(22(30)26-17-12-8-5-9-13-17)33-23(19)27-18(28)14-25-21(29)16-10-6-4-7-11-16/h4-13H,3,14H2,1-2H3,(H,25,29)(H,26,30)(H,27,28). The van der Waals surface area contributed by atoms with E-state index in [4.69, 9.17) is 4.74 Å². The molecule has 33 heavy (non-hydrogen) atoms. The van der Waals surface area contributed by atoms with Gasteiger partial charge in [-0.3, -0.25) is 14.4 Å². The van der Waals surface area contributed by atoms with Gasteiger partial charge in [0.1, 0.15) is 5.00 Å². The average molecular weight is 466 g/mol. The number of nitrogens with one attached hydrogen (secondary N) is 3. The summed E-state index contributed by atoms with van der Waals surface area (Å²) in [5, 5.41) is 8.10. The Morgan fingerprint density at radius 3 is 2.15 bits per heavy atom. The highest BCUT2D eigenvalue weighted by atomic mass is 32.1. The highest BCUT2D eigenvalue weighted by Crippen LogP contribution is 2.34. The van der Waals surface area contributed by atoms with E-state index in [1.807, 2.05) is 6.07 Å². The fraction of sp³-hybridized carbons (Fsp3) is 0.167. The number of ether oxygens (including phenoxy) is 1. The smallest absolute Gasteiger partial charge is 0.341 e. The molecule has 0 radical (unpaired) electrons. The summed E-state index contributed by atoms with van der Waals surface area (Å²) < 4.78 is 5.11. The molecule has 0 aliphatic heterocycles. The molecule has 0 saturated heterocycles. The van der Waals surface area contributed by atoms with E-state index in [1.165, 1.54) is 0 Å². The summed E-state index contributed by atoms with van der Waals surface area (Å²) in [5.41, 5.74) is 1.53. The maximum atomic E-state index is 12.8. The van der Waals surface area contributed by atoms with Crippen LogP contribution in [0.1, 0.15) is 42.9 Å². The van der Waals surface area contributed by atoms with E-state index in [2.05, 4.69) is 16.0 Å². The van der Waals surface area contributed by atoms with E-state index in [-0.39, 0.29) is 28.6 Å². The summed E-state index contributed by atoms with van der Waals surface area (Å²) in [6, 6.07) is 17.4. The molecule has 0 bridgehead atoms. The predicted octanol–water partition coefficient (Wildman–Crippen LogP) is 3.85. The molecule has 0 unspecified atom stereocenters. The lowest BCUT2D eigenvalue weighted by molar-refractivity contribution is -0.115. The Labute approximate surface area is 195 Å². The highest BCUT2D eigenvalue weighted by Gasteiger charge is 2.26. The second-order valence-corrected chi connectivity index (χ2v) is 7.92. The Bertz CT molecular complexity index is 1160. The van der Waals surface area contributed by atoms with E-state index in [1.54, 1.807) is 68.4 Å². The molecule has 0 aliphatic carbocycles. The molecule has 3 amide bonds. The second-order valence-electron chi connectivity index (χ2n) is 6.90. The number of para-hydroxylation sites is 1. The Morgan fingerprint density at radius 2 is 1.52 bits per heavy atom. The zero-order valence-corrected chi connectivity index (χ0v) is 19.0. The van der Waals surface area contributed by atoms with Crippen LogP contribution in [0.25, 0.3) is 0 Å². The van der Waals surface area contributed by atoms with Gasteiger partial charge in [-0.25, -0.2) is 4.79 Å². The van der Waals surface area contributed by atoms with Crippen LogP contribution in [0.4, 0.5) is 10.7 Å². The van der Waals surface area contributed by atoms with Gasteiger partial charge < -0.3 is 20.7 Å². The van der Waals surface area contributed by atoms with Gasteiger partial charge in [-0.2, -0.15) is 0 Å². The molecule has 3 N–H and O–H groups in total. The molecule has 1 heterocycles. The fourth-order valence-electron chi connectivity index (χ4n) is 3.00. The monoisotopic (exact) mass is 465 g/mol. The minimum atomic E-state index is -0.645. The quantitative estimate of drug-likeness (QED) is 0.437. The topological polar surface area (TPSA) is 114 Å². The molecule has 0 fully saturated rings. The number of amides is 3. The zero-order valence-electron chi connectivity index (χ0n) is 18.1. The minimum absolute atomic E-state index is 0.114. The minimum Gasteiger partial charge on any atom is -0.462 e. The summed E-state index contributed by atoms with van der Waals surface area (Å²) in [6.45, 7) is 3.12. The van der Waals surface area contributed by atoms with Gasteiger partial charge in [-0.15, -0.1) is 11.3 Å². The van der Waals surface area contributed by atoms with Gasteiger partial charge in [0.25, 0.3) is 11.8 Å². The molecule has 9 heteroatoms. The van der Waals surface area contributed by atoms with Gasteiger partial charge in [0, 0.05) is 11.3 Å². The number of carbonyl (C=O) groups excluding carboxylic acids is 4. The lowest BCUT2D eigenvalue weighted by atomic mass is 10.1. The first-order valence-corrected chi connectivity index (χ1v) is 11.0. The van der Waals surface area contributed by atoms with Crippen LogP contribution >= 0.6 is 11.3 Å². The number of hydrogen-bond acceptors (Lipinski definition) is 6. The first-order valence-electron chi connectivity index (χ1n) is 10.2. The van der Waals surface area contributed by atoms with Crippen LogP contribution in [-0.4, -0.2) is 36.8 Å².